The van der Waals surface area contributed by atoms with Gasteiger partial charge in [0, 0.05) is 22.7 Å². The summed E-state index contributed by atoms with van der Waals surface area (Å²) < 4.78 is 26.5. The molecule has 0 heterocycles. The molecule has 4 nitrogen and oxygen atoms in total. The van der Waals surface area contributed by atoms with Gasteiger partial charge in [0.1, 0.15) is 25.9 Å². The summed E-state index contributed by atoms with van der Waals surface area (Å²) in [6, 6.07) is 9.06. The molecule has 0 amide bonds. The maximum absolute atomic E-state index is 13.1. The number of nitrogens with zero attached hydrogens (tertiary/aromatic N) is 2. The molecule has 0 atom stereocenters. The lowest BCUT2D eigenvalue weighted by atomic mass is 10.1. The third kappa shape index (κ3) is 7.49. The van der Waals surface area contributed by atoms with Crippen molar-refractivity contribution in [2.24, 2.45) is 10.3 Å². The zero-order valence-electron chi connectivity index (χ0n) is 14.5. The van der Waals surface area contributed by atoms with Crippen LogP contribution in [0.15, 0.2) is 51.2 Å². The first-order chi connectivity index (χ1) is 12.4. The van der Waals surface area contributed by atoms with Crippen molar-refractivity contribution in [3.63, 3.8) is 0 Å². The third-order valence-electron chi connectivity index (χ3n) is 3.06. The normalized spacial score (nSPS) is 11.1. The molecule has 0 radical (unpaired) electrons. The lowest BCUT2D eigenvalue weighted by Gasteiger charge is -2.02. The summed E-state index contributed by atoms with van der Waals surface area (Å²) >= 11 is 8.96. The van der Waals surface area contributed by atoms with E-state index in [1.165, 1.54) is 38.6 Å². The van der Waals surface area contributed by atoms with Crippen LogP contribution in [0.3, 0.4) is 0 Å². The standard InChI is InChI=1S/C9H9BrFNO.C9H9ClFNO/c1-13-12-5-4-7-2-3-8(10)6-9(7)11;1-6(12-13-2)8-4-3-7(11)5-9(8)10/h2-3,5-6H,4H2,1H3;3-5H,1-2H3. The maximum Gasteiger partial charge on any atom is 0.127 e. The van der Waals surface area contributed by atoms with Gasteiger partial charge in [0.15, 0.2) is 0 Å². The highest BCUT2D eigenvalue weighted by Gasteiger charge is 2.05. The number of benzene rings is 2. The van der Waals surface area contributed by atoms with Crippen LogP contribution in [0.5, 0.6) is 0 Å². The molecule has 0 saturated heterocycles. The zero-order chi connectivity index (χ0) is 19.5. The van der Waals surface area contributed by atoms with Crippen molar-refractivity contribution >= 4 is 39.5 Å². The van der Waals surface area contributed by atoms with Crippen LogP contribution in [0.2, 0.25) is 5.02 Å². The minimum Gasteiger partial charge on any atom is -0.399 e. The first-order valence-corrected chi connectivity index (χ1v) is 8.58. The van der Waals surface area contributed by atoms with Crippen molar-refractivity contribution in [2.45, 2.75) is 13.3 Å². The molecule has 0 N–H and O–H groups in total. The van der Waals surface area contributed by atoms with Crippen molar-refractivity contribution in [1.29, 1.82) is 0 Å². The molecule has 0 bridgehead atoms. The highest BCUT2D eigenvalue weighted by Crippen LogP contribution is 2.18. The smallest absolute Gasteiger partial charge is 0.127 e. The van der Waals surface area contributed by atoms with Gasteiger partial charge < -0.3 is 9.68 Å². The zero-order valence-corrected chi connectivity index (χ0v) is 16.8. The summed E-state index contributed by atoms with van der Waals surface area (Å²) in [5, 5.41) is 7.55. The van der Waals surface area contributed by atoms with Crippen LogP contribution in [0, 0.1) is 11.6 Å². The fourth-order valence-electron chi connectivity index (χ4n) is 1.87. The van der Waals surface area contributed by atoms with E-state index in [0.29, 0.717) is 28.3 Å². The first-order valence-electron chi connectivity index (χ1n) is 7.41. The molecule has 0 saturated carbocycles. The Bertz CT molecular complexity index is 786. The van der Waals surface area contributed by atoms with Crippen molar-refractivity contribution in [3.8, 4) is 0 Å². The number of halogens is 4. The van der Waals surface area contributed by atoms with Crippen LogP contribution in [-0.4, -0.2) is 26.1 Å². The molecule has 0 unspecified atom stereocenters. The number of oxime groups is 2. The molecular weight excluding hydrogens is 430 g/mol. The minimum atomic E-state index is -0.362. The molecule has 0 aliphatic rings. The van der Waals surface area contributed by atoms with Crippen molar-refractivity contribution in [1.82, 2.24) is 0 Å². The van der Waals surface area contributed by atoms with E-state index in [2.05, 4.69) is 35.9 Å². The molecule has 140 valence electrons. The van der Waals surface area contributed by atoms with Gasteiger partial charge in [-0.1, -0.05) is 43.9 Å². The minimum absolute atomic E-state index is 0.239. The van der Waals surface area contributed by atoms with Gasteiger partial charge in [-0.2, -0.15) is 0 Å². The van der Waals surface area contributed by atoms with Crippen LogP contribution in [0.25, 0.3) is 0 Å². The van der Waals surface area contributed by atoms with Gasteiger partial charge in [-0.25, -0.2) is 8.78 Å². The Morgan fingerprint density at radius 3 is 2.46 bits per heavy atom. The molecule has 0 spiro atoms. The van der Waals surface area contributed by atoms with Crippen molar-refractivity contribution in [3.05, 3.63) is 68.7 Å². The second kappa shape index (κ2) is 11.6. The SMILES string of the molecule is CON=C(C)c1ccc(F)cc1Cl.CON=CCc1ccc(Br)cc1F. The average molecular weight is 448 g/mol. The first kappa shape index (κ1) is 22.1. The Balaban J connectivity index is 0.000000260. The molecule has 0 aromatic heterocycles. The number of rotatable bonds is 5. The number of hydrogen-bond donors (Lipinski definition) is 0. The van der Waals surface area contributed by atoms with Crippen LogP contribution in [-0.2, 0) is 16.1 Å². The molecule has 2 aromatic rings. The van der Waals surface area contributed by atoms with Crippen LogP contribution in [0.4, 0.5) is 8.78 Å². The molecule has 0 aliphatic carbocycles. The predicted octanol–water partition coefficient (Wildman–Crippen LogP) is 5.61. The molecule has 2 aromatic carbocycles. The number of hydrogen-bond acceptors (Lipinski definition) is 4. The van der Waals surface area contributed by atoms with Crippen molar-refractivity contribution in [2.75, 3.05) is 14.2 Å². The molecule has 2 rings (SSSR count). The average Bonchev–Trinajstić information content (AvgIpc) is 2.58. The van der Waals surface area contributed by atoms with E-state index in [1.54, 1.807) is 25.1 Å². The quantitative estimate of drug-likeness (QED) is 0.441. The van der Waals surface area contributed by atoms with E-state index < -0.39 is 0 Å². The maximum atomic E-state index is 13.1. The highest BCUT2D eigenvalue weighted by atomic mass is 79.9. The van der Waals surface area contributed by atoms with Gasteiger partial charge >= 0.3 is 0 Å². The summed E-state index contributed by atoms with van der Waals surface area (Å²) in [6.07, 6.45) is 1.96. The van der Waals surface area contributed by atoms with Gasteiger partial charge in [-0.05, 0) is 42.8 Å². The summed E-state index contributed by atoms with van der Waals surface area (Å²) in [5.41, 5.74) is 1.89. The fraction of sp³-hybridized carbons (Fsp3) is 0.222. The Labute approximate surface area is 164 Å². The Morgan fingerprint density at radius 1 is 1.15 bits per heavy atom. The summed E-state index contributed by atoms with van der Waals surface area (Å²) in [7, 11) is 2.90. The van der Waals surface area contributed by atoms with Gasteiger partial charge in [0.2, 0.25) is 0 Å². The highest BCUT2D eigenvalue weighted by molar-refractivity contribution is 9.10. The topological polar surface area (TPSA) is 43.2 Å². The van der Waals surface area contributed by atoms with Crippen molar-refractivity contribution < 1.29 is 18.5 Å². The van der Waals surface area contributed by atoms with Gasteiger partial charge in [0.25, 0.3) is 0 Å². The lowest BCUT2D eigenvalue weighted by Crippen LogP contribution is -1.96. The van der Waals surface area contributed by atoms with Crippen LogP contribution in [0.1, 0.15) is 18.1 Å². The fourth-order valence-corrected chi connectivity index (χ4v) is 2.50. The second-order valence-corrected chi connectivity index (χ2v) is 6.22. The monoisotopic (exact) mass is 446 g/mol. The Kier molecular flexibility index (Phi) is 9.83. The van der Waals surface area contributed by atoms with Crippen LogP contribution < -0.4 is 0 Å². The van der Waals surface area contributed by atoms with E-state index in [9.17, 15) is 8.78 Å². The summed E-state index contributed by atoms with van der Waals surface area (Å²) in [5.74, 6) is -0.601. The van der Waals surface area contributed by atoms with Gasteiger partial charge in [0.05, 0.1) is 10.7 Å². The van der Waals surface area contributed by atoms with Gasteiger partial charge in [-0.3, -0.25) is 0 Å². The lowest BCUT2D eigenvalue weighted by molar-refractivity contribution is 0.213. The Morgan fingerprint density at radius 2 is 1.88 bits per heavy atom. The van der Waals surface area contributed by atoms with E-state index >= 15 is 0 Å². The molecule has 8 heteroatoms. The van der Waals surface area contributed by atoms with E-state index in [4.69, 9.17) is 11.6 Å². The van der Waals surface area contributed by atoms with E-state index in [-0.39, 0.29) is 11.6 Å². The third-order valence-corrected chi connectivity index (χ3v) is 3.86. The molecule has 0 fully saturated rings. The van der Waals surface area contributed by atoms with E-state index in [0.717, 1.165) is 4.47 Å². The van der Waals surface area contributed by atoms with Gasteiger partial charge in [-0.15, -0.1) is 0 Å². The Hall–Kier alpha value is -1.99. The predicted molar refractivity (Wildman–Crippen MR) is 104 cm³/mol. The molecular formula is C18H18BrClF2N2O2. The molecule has 26 heavy (non-hydrogen) atoms. The van der Waals surface area contributed by atoms with E-state index in [1.807, 2.05) is 0 Å². The second-order valence-electron chi connectivity index (χ2n) is 4.89. The van der Waals surface area contributed by atoms with Crippen LogP contribution >= 0.6 is 27.5 Å². The summed E-state index contributed by atoms with van der Waals surface area (Å²) in [4.78, 5) is 9.04. The largest absolute Gasteiger partial charge is 0.399 e. The summed E-state index contributed by atoms with van der Waals surface area (Å²) in [6.45, 7) is 1.74. The molecule has 0 aliphatic heterocycles.